The number of carbonyl (C=O) groups excluding carboxylic acids is 2. The van der Waals surface area contributed by atoms with Crippen molar-refractivity contribution in [1.82, 2.24) is 0 Å². The zero-order valence-corrected chi connectivity index (χ0v) is 14.6. The molecule has 1 saturated carbocycles. The largest absolute Gasteiger partial charge is 0.443 e. The summed E-state index contributed by atoms with van der Waals surface area (Å²) in [5.41, 5.74) is 2.18. The van der Waals surface area contributed by atoms with Crippen LogP contribution in [0.4, 0.5) is 10.5 Å². The van der Waals surface area contributed by atoms with Crippen molar-refractivity contribution in [3.8, 4) is 0 Å². The Morgan fingerprint density at radius 1 is 1.29 bits per heavy atom. The van der Waals surface area contributed by atoms with Gasteiger partial charge in [-0.15, -0.1) is 0 Å². The topological polar surface area (TPSA) is 59.0 Å². The average molecular weight is 328 g/mol. The first kappa shape index (κ1) is 16.7. The van der Waals surface area contributed by atoms with Crippen molar-refractivity contribution >= 4 is 17.9 Å². The molecule has 0 spiro atoms. The molecule has 0 aromatic heterocycles. The Bertz CT molecular complexity index is 695. The zero-order valence-electron chi connectivity index (χ0n) is 14.6. The van der Waals surface area contributed by atoms with Gasteiger partial charge >= 0.3 is 6.09 Å². The third kappa shape index (κ3) is 3.09. The van der Waals surface area contributed by atoms with E-state index < -0.39 is 11.1 Å². The minimum atomic E-state index is -0.511. The maximum atomic E-state index is 12.5. The van der Waals surface area contributed by atoms with E-state index in [9.17, 15) is 9.59 Å². The first-order valence-electron chi connectivity index (χ1n) is 8.58. The maximum absolute atomic E-state index is 12.5. The van der Waals surface area contributed by atoms with E-state index in [1.54, 1.807) is 11.0 Å². The summed E-state index contributed by atoms with van der Waals surface area (Å²) in [5, 5.41) is 0. The number of carbonyl (C=O) groups is 1. The second-order valence-electron chi connectivity index (χ2n) is 7.67. The van der Waals surface area contributed by atoms with Gasteiger partial charge in [-0.2, -0.15) is 4.99 Å². The van der Waals surface area contributed by atoms with Crippen molar-refractivity contribution < 1.29 is 14.3 Å². The minimum Gasteiger partial charge on any atom is -0.443 e. The SMILES string of the molecule is CC(C)(C)OC(=O)N1CCCc2cc(C3(N=C=O)CCC3)ccc21. The molecule has 0 unspecified atom stereocenters. The second kappa shape index (κ2) is 6.06. The second-order valence-corrected chi connectivity index (χ2v) is 7.67. The van der Waals surface area contributed by atoms with Gasteiger partial charge in [-0.3, -0.25) is 4.90 Å². The Morgan fingerprint density at radius 2 is 2.04 bits per heavy atom. The lowest BCUT2D eigenvalue weighted by molar-refractivity contribution is 0.0578. The molecule has 0 bridgehead atoms. The van der Waals surface area contributed by atoms with Gasteiger partial charge in [-0.25, -0.2) is 9.59 Å². The highest BCUT2D eigenvalue weighted by molar-refractivity contribution is 5.89. The highest BCUT2D eigenvalue weighted by Crippen LogP contribution is 2.46. The Morgan fingerprint density at radius 3 is 2.62 bits per heavy atom. The molecular formula is C19H24N2O3. The summed E-state index contributed by atoms with van der Waals surface area (Å²) in [6.45, 7) is 6.28. The van der Waals surface area contributed by atoms with E-state index >= 15 is 0 Å². The monoisotopic (exact) mass is 328 g/mol. The van der Waals surface area contributed by atoms with Crippen LogP contribution in [0, 0.1) is 0 Å². The number of isocyanates is 1. The average Bonchev–Trinajstić information content (AvgIpc) is 2.48. The number of ether oxygens (including phenoxy) is 1. The Kier molecular flexibility index (Phi) is 4.22. The van der Waals surface area contributed by atoms with Gasteiger partial charge in [0.2, 0.25) is 6.08 Å². The molecule has 5 heteroatoms. The van der Waals surface area contributed by atoms with Crippen LogP contribution in [0.25, 0.3) is 0 Å². The summed E-state index contributed by atoms with van der Waals surface area (Å²) in [6.07, 6.45) is 6.10. The first-order valence-corrected chi connectivity index (χ1v) is 8.58. The molecule has 1 aliphatic carbocycles. The molecule has 5 nitrogen and oxygen atoms in total. The molecule has 1 aliphatic heterocycles. The molecule has 1 amide bonds. The predicted molar refractivity (Wildman–Crippen MR) is 92.0 cm³/mol. The molecule has 1 aromatic carbocycles. The Balaban J connectivity index is 1.90. The van der Waals surface area contributed by atoms with E-state index in [2.05, 4.69) is 11.1 Å². The smallest absolute Gasteiger partial charge is 0.414 e. The van der Waals surface area contributed by atoms with Crippen LogP contribution in [-0.4, -0.2) is 24.3 Å². The lowest BCUT2D eigenvalue weighted by atomic mass is 9.72. The third-order valence-electron chi connectivity index (χ3n) is 4.79. The fourth-order valence-electron chi connectivity index (χ4n) is 3.46. The molecule has 0 atom stereocenters. The molecule has 128 valence electrons. The van der Waals surface area contributed by atoms with E-state index in [4.69, 9.17) is 4.74 Å². The van der Waals surface area contributed by atoms with Crippen molar-refractivity contribution in [3.05, 3.63) is 29.3 Å². The zero-order chi connectivity index (χ0) is 17.4. The Hall–Kier alpha value is -2.13. The van der Waals surface area contributed by atoms with Crippen molar-refractivity contribution in [1.29, 1.82) is 0 Å². The van der Waals surface area contributed by atoms with E-state index in [0.29, 0.717) is 6.54 Å². The maximum Gasteiger partial charge on any atom is 0.414 e. The van der Waals surface area contributed by atoms with Gasteiger partial charge in [0, 0.05) is 6.54 Å². The molecule has 1 heterocycles. The first-order chi connectivity index (χ1) is 11.3. The summed E-state index contributed by atoms with van der Waals surface area (Å²) in [7, 11) is 0. The van der Waals surface area contributed by atoms with Crippen LogP contribution >= 0.6 is 0 Å². The van der Waals surface area contributed by atoms with Crippen LogP contribution in [0.3, 0.4) is 0 Å². The van der Waals surface area contributed by atoms with Crippen LogP contribution in [-0.2, 0) is 21.5 Å². The number of amides is 1. The molecule has 0 saturated heterocycles. The molecule has 0 N–H and O–H groups in total. The van der Waals surface area contributed by atoms with Gasteiger partial charge in [0.1, 0.15) is 5.60 Å². The van der Waals surface area contributed by atoms with Gasteiger partial charge in [0.05, 0.1) is 11.2 Å². The van der Waals surface area contributed by atoms with Crippen LogP contribution in [0.2, 0.25) is 0 Å². The summed E-state index contributed by atoms with van der Waals surface area (Å²) >= 11 is 0. The number of aryl methyl sites for hydroxylation is 1. The number of benzene rings is 1. The molecule has 3 rings (SSSR count). The highest BCUT2D eigenvalue weighted by atomic mass is 16.6. The van der Waals surface area contributed by atoms with E-state index in [-0.39, 0.29) is 6.09 Å². The number of nitrogens with zero attached hydrogens (tertiary/aromatic N) is 2. The van der Waals surface area contributed by atoms with Gasteiger partial charge in [0.15, 0.2) is 0 Å². The number of hydrogen-bond donors (Lipinski definition) is 0. The molecule has 24 heavy (non-hydrogen) atoms. The number of aliphatic imine (C=N–C) groups is 1. The van der Waals surface area contributed by atoms with Crippen molar-refractivity contribution in [2.75, 3.05) is 11.4 Å². The molecule has 1 fully saturated rings. The fraction of sp³-hybridized carbons (Fsp3) is 0.579. The number of anilines is 1. The number of rotatable bonds is 2. The van der Waals surface area contributed by atoms with E-state index in [0.717, 1.165) is 48.9 Å². The Labute approximate surface area is 142 Å². The van der Waals surface area contributed by atoms with Gasteiger partial charge in [0.25, 0.3) is 0 Å². The lowest BCUT2D eigenvalue weighted by Gasteiger charge is -2.38. The van der Waals surface area contributed by atoms with E-state index in [1.165, 1.54) is 0 Å². The lowest BCUT2D eigenvalue weighted by Crippen LogP contribution is -2.40. The van der Waals surface area contributed by atoms with Gasteiger partial charge in [-0.05, 0) is 70.1 Å². The predicted octanol–water partition coefficient (Wildman–Crippen LogP) is 4.09. The van der Waals surface area contributed by atoms with Gasteiger partial charge < -0.3 is 4.74 Å². The standard InChI is InChI=1S/C19H24N2O3/c1-18(2,3)24-17(23)21-11-4-6-14-12-15(7-8-16(14)21)19(20-13-22)9-5-10-19/h7-8,12H,4-6,9-11H2,1-3H3. The number of fused-ring (bicyclic) bond motifs is 1. The summed E-state index contributed by atoms with van der Waals surface area (Å²) in [5.74, 6) is 0. The number of hydrogen-bond acceptors (Lipinski definition) is 4. The minimum absolute atomic E-state index is 0.305. The normalized spacial score (nSPS) is 18.9. The molecule has 1 aromatic rings. The fourth-order valence-corrected chi connectivity index (χ4v) is 3.46. The third-order valence-corrected chi connectivity index (χ3v) is 4.79. The van der Waals surface area contributed by atoms with Crippen molar-refractivity contribution in [3.63, 3.8) is 0 Å². The summed E-state index contributed by atoms with van der Waals surface area (Å²) < 4.78 is 5.52. The van der Waals surface area contributed by atoms with E-state index in [1.807, 2.05) is 32.9 Å². The highest BCUT2D eigenvalue weighted by Gasteiger charge is 2.39. The van der Waals surface area contributed by atoms with Crippen LogP contribution in [0.15, 0.2) is 23.2 Å². The van der Waals surface area contributed by atoms with Gasteiger partial charge in [-0.1, -0.05) is 12.1 Å². The van der Waals surface area contributed by atoms with Crippen LogP contribution in [0.5, 0.6) is 0 Å². The van der Waals surface area contributed by atoms with Crippen molar-refractivity contribution in [2.24, 2.45) is 4.99 Å². The molecule has 0 radical (unpaired) electrons. The van der Waals surface area contributed by atoms with Crippen LogP contribution in [0.1, 0.15) is 57.6 Å². The van der Waals surface area contributed by atoms with Crippen molar-refractivity contribution in [2.45, 2.75) is 64.0 Å². The molecular weight excluding hydrogens is 304 g/mol. The summed E-state index contributed by atoms with van der Waals surface area (Å²) in [6, 6.07) is 6.06. The quantitative estimate of drug-likeness (QED) is 0.607. The van der Waals surface area contributed by atoms with Crippen LogP contribution < -0.4 is 4.90 Å². The summed E-state index contributed by atoms with van der Waals surface area (Å²) in [4.78, 5) is 29.0. The molecule has 2 aliphatic rings.